The summed E-state index contributed by atoms with van der Waals surface area (Å²) in [5.74, 6) is -0.205. The van der Waals surface area contributed by atoms with Gasteiger partial charge in [0.1, 0.15) is 0 Å². The molecule has 0 saturated heterocycles. The van der Waals surface area contributed by atoms with Gasteiger partial charge in [0.15, 0.2) is 5.54 Å². The van der Waals surface area contributed by atoms with Gasteiger partial charge in [0.2, 0.25) is 0 Å². The summed E-state index contributed by atoms with van der Waals surface area (Å²) in [6.45, 7) is 6.80. The van der Waals surface area contributed by atoms with Gasteiger partial charge in [-0.15, -0.1) is 0 Å². The predicted molar refractivity (Wildman–Crippen MR) is 121 cm³/mol. The minimum absolute atomic E-state index is 0.160. The van der Waals surface area contributed by atoms with Crippen LogP contribution < -0.4 is 0 Å². The van der Waals surface area contributed by atoms with Crippen LogP contribution >= 0.6 is 28.5 Å². The Kier molecular flexibility index (Phi) is 9.63. The van der Waals surface area contributed by atoms with Gasteiger partial charge in [0, 0.05) is 43.5 Å². The maximum atomic E-state index is 13.1. The number of nitrogens with zero attached hydrogens (tertiary/aromatic N) is 3. The number of hydrogen-bond acceptors (Lipinski definition) is 4. The van der Waals surface area contributed by atoms with Crippen molar-refractivity contribution in [3.63, 3.8) is 0 Å². The number of carbonyl (C=O) groups is 2. The van der Waals surface area contributed by atoms with Crippen LogP contribution in [0, 0.1) is 0 Å². The minimum Gasteiger partial charge on any atom is -0.327 e. The fraction of sp³-hybridized carbons (Fsp3) is 0.556. The Labute approximate surface area is 177 Å². The average Bonchev–Trinajstić information content (AvgIpc) is 2.66. The van der Waals surface area contributed by atoms with Crippen LogP contribution in [0.1, 0.15) is 44.0 Å². The van der Waals surface area contributed by atoms with Crippen LogP contribution in [0.2, 0.25) is 5.02 Å². The number of benzene rings is 1. The molecule has 0 fully saturated rings. The number of hydrogen-bond donors (Lipinski definition) is 0. The molecule has 152 valence electrons. The van der Waals surface area contributed by atoms with Gasteiger partial charge in [0.05, 0.1) is 0 Å². The lowest BCUT2D eigenvalue weighted by atomic mass is 10.2. The lowest BCUT2D eigenvalue weighted by Gasteiger charge is -2.40. The number of halogens is 1. The van der Waals surface area contributed by atoms with E-state index in [1.54, 1.807) is 59.6 Å². The highest BCUT2D eigenvalue weighted by Gasteiger charge is 2.37. The van der Waals surface area contributed by atoms with Crippen molar-refractivity contribution in [3.8, 4) is 0 Å². The van der Waals surface area contributed by atoms with E-state index >= 15 is 0 Å². The van der Waals surface area contributed by atoms with E-state index in [1.807, 2.05) is 6.92 Å². The molecule has 5 nitrogen and oxygen atoms in total. The van der Waals surface area contributed by atoms with Gasteiger partial charge in [-0.05, 0) is 48.9 Å². The van der Waals surface area contributed by atoms with Crippen LogP contribution in [0.15, 0.2) is 24.3 Å². The van der Waals surface area contributed by atoms with Crippen molar-refractivity contribution in [1.82, 2.24) is 14.2 Å². The molecule has 0 radical (unpaired) electrons. The standard InChI is InChI=1S/C18H29ClN3O2PS2/c1-7-13-20(4)18(24)22(6)25(26,27-14(3)8-2)21(5)17(23)15-9-11-16(19)12-10-15/h9-12,14H,7-8,13H2,1-6H3. The normalized spacial score (nSPS) is 14.2. The van der Waals surface area contributed by atoms with Crippen LogP contribution in [-0.2, 0) is 11.8 Å². The first-order valence-electron chi connectivity index (χ1n) is 8.90. The monoisotopic (exact) mass is 449 g/mol. The van der Waals surface area contributed by atoms with Gasteiger partial charge in [-0.3, -0.25) is 14.1 Å². The third-order valence-electron chi connectivity index (χ3n) is 4.20. The summed E-state index contributed by atoms with van der Waals surface area (Å²) in [5.41, 5.74) is -2.19. The van der Waals surface area contributed by atoms with E-state index in [1.165, 1.54) is 11.4 Å². The SMILES string of the molecule is CCCN(C)C(=O)N(C)P(=S)(SC(C)CC)N(C)C(=O)c1ccc(Cl)cc1. The average molecular weight is 450 g/mol. The molecule has 0 spiro atoms. The molecular weight excluding hydrogens is 421 g/mol. The fourth-order valence-corrected chi connectivity index (χ4v) is 9.36. The Morgan fingerprint density at radius 2 is 1.70 bits per heavy atom. The first kappa shape index (κ1) is 24.3. The van der Waals surface area contributed by atoms with E-state index in [2.05, 4.69) is 13.8 Å². The molecule has 3 amide bonds. The van der Waals surface area contributed by atoms with Gasteiger partial charge in [-0.1, -0.05) is 43.8 Å². The Hall–Kier alpha value is -0.750. The third kappa shape index (κ3) is 6.11. The Bertz CT molecular complexity index is 702. The second kappa shape index (κ2) is 10.7. The highest BCUT2D eigenvalue weighted by molar-refractivity contribution is 8.69. The van der Waals surface area contributed by atoms with Crippen LogP contribution in [0.5, 0.6) is 0 Å². The lowest BCUT2D eigenvalue weighted by molar-refractivity contribution is 0.0884. The van der Waals surface area contributed by atoms with Crippen molar-refractivity contribution in [2.24, 2.45) is 0 Å². The molecule has 0 aliphatic heterocycles. The molecule has 2 unspecified atom stereocenters. The van der Waals surface area contributed by atoms with E-state index in [0.717, 1.165) is 12.8 Å². The van der Waals surface area contributed by atoms with Gasteiger partial charge >= 0.3 is 6.03 Å². The zero-order chi connectivity index (χ0) is 20.8. The van der Waals surface area contributed by atoms with Crippen LogP contribution in [0.3, 0.4) is 0 Å². The molecule has 0 saturated carbocycles. The van der Waals surface area contributed by atoms with E-state index in [-0.39, 0.29) is 17.2 Å². The van der Waals surface area contributed by atoms with Gasteiger partial charge in [0.25, 0.3) is 5.91 Å². The number of urea groups is 1. The summed E-state index contributed by atoms with van der Waals surface area (Å²) in [6.07, 6.45) is 1.76. The second-order valence-electron chi connectivity index (χ2n) is 6.38. The highest BCUT2D eigenvalue weighted by Crippen LogP contribution is 2.65. The first-order valence-corrected chi connectivity index (χ1v) is 13.5. The van der Waals surface area contributed by atoms with Gasteiger partial charge < -0.3 is 4.90 Å². The number of carbonyl (C=O) groups excluding carboxylic acids is 2. The van der Waals surface area contributed by atoms with Gasteiger partial charge in [-0.2, -0.15) is 0 Å². The van der Waals surface area contributed by atoms with Gasteiger partial charge in [-0.25, -0.2) is 4.79 Å². The zero-order valence-electron chi connectivity index (χ0n) is 16.8. The summed E-state index contributed by atoms with van der Waals surface area (Å²) >= 11 is 13.5. The van der Waals surface area contributed by atoms with Crippen molar-refractivity contribution in [1.29, 1.82) is 0 Å². The molecule has 0 N–H and O–H groups in total. The molecule has 27 heavy (non-hydrogen) atoms. The molecule has 0 bridgehead atoms. The molecule has 9 heteroatoms. The summed E-state index contributed by atoms with van der Waals surface area (Å²) in [7, 11) is 5.16. The van der Waals surface area contributed by atoms with Crippen molar-refractivity contribution < 1.29 is 9.59 Å². The third-order valence-corrected chi connectivity index (χ3v) is 12.9. The van der Waals surface area contributed by atoms with Crippen molar-refractivity contribution in [3.05, 3.63) is 34.9 Å². The largest absolute Gasteiger partial charge is 0.327 e. The molecule has 2 atom stereocenters. The Morgan fingerprint density at radius 3 is 2.19 bits per heavy atom. The van der Waals surface area contributed by atoms with Crippen LogP contribution in [-0.4, -0.2) is 59.1 Å². The molecule has 1 rings (SSSR count). The maximum Gasteiger partial charge on any atom is 0.325 e. The topological polar surface area (TPSA) is 43.9 Å². The summed E-state index contributed by atoms with van der Waals surface area (Å²) in [6, 6.07) is 6.56. The quantitative estimate of drug-likeness (QED) is 0.487. The van der Waals surface area contributed by atoms with E-state index in [0.29, 0.717) is 17.1 Å². The van der Waals surface area contributed by atoms with E-state index in [9.17, 15) is 9.59 Å². The minimum atomic E-state index is -2.70. The molecule has 0 aromatic heterocycles. The van der Waals surface area contributed by atoms with E-state index < -0.39 is 5.54 Å². The molecule has 0 aliphatic carbocycles. The lowest BCUT2D eigenvalue weighted by Crippen LogP contribution is -2.41. The molecule has 0 heterocycles. The maximum absolute atomic E-state index is 13.1. The first-order chi connectivity index (χ1) is 12.6. The van der Waals surface area contributed by atoms with Crippen LogP contribution in [0.25, 0.3) is 0 Å². The fourth-order valence-electron chi connectivity index (χ4n) is 2.33. The summed E-state index contributed by atoms with van der Waals surface area (Å²) < 4.78 is 3.16. The molecular formula is C18H29ClN3O2PS2. The summed E-state index contributed by atoms with van der Waals surface area (Å²) in [4.78, 5) is 27.6. The Balaban J connectivity index is 3.24. The zero-order valence-corrected chi connectivity index (χ0v) is 20.1. The Morgan fingerprint density at radius 1 is 1.15 bits per heavy atom. The summed E-state index contributed by atoms with van der Waals surface area (Å²) in [5, 5.41) is 0.791. The van der Waals surface area contributed by atoms with Crippen molar-refractivity contribution in [2.75, 3.05) is 27.7 Å². The smallest absolute Gasteiger partial charge is 0.325 e. The number of amides is 3. The highest BCUT2D eigenvalue weighted by atomic mass is 35.5. The molecule has 0 aliphatic rings. The van der Waals surface area contributed by atoms with Crippen LogP contribution in [0.4, 0.5) is 4.79 Å². The van der Waals surface area contributed by atoms with Crippen molar-refractivity contribution in [2.45, 2.75) is 38.9 Å². The molecule has 1 aromatic carbocycles. The van der Waals surface area contributed by atoms with Crippen molar-refractivity contribution >= 4 is 52.3 Å². The second-order valence-corrected chi connectivity index (χ2v) is 14.4. The van der Waals surface area contributed by atoms with E-state index in [4.69, 9.17) is 23.4 Å². The number of rotatable bonds is 8. The molecule has 1 aromatic rings. The predicted octanol–water partition coefficient (Wildman–Crippen LogP) is 5.56.